The summed E-state index contributed by atoms with van der Waals surface area (Å²) in [6.07, 6.45) is 0.963. The average molecular weight is 368 g/mol. The summed E-state index contributed by atoms with van der Waals surface area (Å²) in [6, 6.07) is 10.5. The first-order valence-corrected chi connectivity index (χ1v) is 9.16. The van der Waals surface area contributed by atoms with Gasteiger partial charge in [0.15, 0.2) is 0 Å². The summed E-state index contributed by atoms with van der Waals surface area (Å²) in [5.74, 6) is 1.07. The highest BCUT2D eigenvalue weighted by atomic mass is 79.9. The Morgan fingerprint density at radius 1 is 1.24 bits per heavy atom. The summed E-state index contributed by atoms with van der Waals surface area (Å²) in [6.45, 7) is 7.03. The fourth-order valence-electron chi connectivity index (χ4n) is 2.15. The van der Waals surface area contributed by atoms with Gasteiger partial charge in [0.05, 0.1) is 15.9 Å². The van der Waals surface area contributed by atoms with E-state index < -0.39 is 0 Å². The van der Waals surface area contributed by atoms with Gasteiger partial charge in [0.2, 0.25) is 0 Å². The molecule has 1 aromatic carbocycles. The van der Waals surface area contributed by atoms with E-state index in [-0.39, 0.29) is 0 Å². The number of hydrogen-bond acceptors (Lipinski definition) is 3. The third-order valence-electron chi connectivity index (χ3n) is 3.28. The first kappa shape index (κ1) is 16.6. The van der Waals surface area contributed by atoms with Crippen molar-refractivity contribution in [3.8, 4) is 0 Å². The molecule has 1 aromatic heterocycles. The van der Waals surface area contributed by atoms with Crippen molar-refractivity contribution in [3.05, 3.63) is 46.2 Å². The molecule has 0 saturated carbocycles. The second-order valence-electron chi connectivity index (χ2n) is 4.71. The fraction of sp³-hybridized carbons (Fsp3) is 0.438. The predicted molar refractivity (Wildman–Crippen MR) is 93.9 cm³/mol. The molecule has 1 heterocycles. The lowest BCUT2D eigenvalue weighted by Crippen LogP contribution is -2.19. The number of halogens is 1. The van der Waals surface area contributed by atoms with Crippen LogP contribution in [0.15, 0.2) is 39.7 Å². The first-order chi connectivity index (χ1) is 10.3. The van der Waals surface area contributed by atoms with E-state index in [9.17, 15) is 0 Å². The van der Waals surface area contributed by atoms with E-state index in [1.165, 1.54) is 10.6 Å². The number of hydrogen-bond donors (Lipinski definition) is 1. The lowest BCUT2D eigenvalue weighted by molar-refractivity contribution is 0.585. The summed E-state index contributed by atoms with van der Waals surface area (Å²) in [7, 11) is 0. The molecular formula is C16H22BrN3S. The van der Waals surface area contributed by atoms with Crippen LogP contribution in [0.25, 0.3) is 0 Å². The van der Waals surface area contributed by atoms with E-state index in [1.54, 1.807) is 0 Å². The van der Waals surface area contributed by atoms with E-state index in [4.69, 9.17) is 0 Å². The van der Waals surface area contributed by atoms with Crippen LogP contribution >= 0.6 is 27.7 Å². The van der Waals surface area contributed by atoms with Crippen molar-refractivity contribution in [1.82, 2.24) is 15.1 Å². The molecule has 0 bridgehead atoms. The monoisotopic (exact) mass is 367 g/mol. The Morgan fingerprint density at radius 2 is 2.00 bits per heavy atom. The van der Waals surface area contributed by atoms with Crippen molar-refractivity contribution in [3.63, 3.8) is 0 Å². The Bertz CT molecular complexity index is 554. The van der Waals surface area contributed by atoms with E-state index in [1.807, 2.05) is 11.8 Å². The zero-order chi connectivity index (χ0) is 15.1. The Hall–Kier alpha value is -0.780. The van der Waals surface area contributed by atoms with Crippen LogP contribution in [0, 0.1) is 0 Å². The topological polar surface area (TPSA) is 29.9 Å². The van der Waals surface area contributed by atoms with Gasteiger partial charge < -0.3 is 5.32 Å². The largest absolute Gasteiger partial charge is 0.310 e. The van der Waals surface area contributed by atoms with Crippen LogP contribution in [0.1, 0.15) is 25.2 Å². The molecule has 2 rings (SSSR count). The quantitative estimate of drug-likeness (QED) is 0.562. The number of nitrogens with one attached hydrogen (secondary N) is 1. The standard InChI is InChI=1S/C16H22BrN3S/c1-3-14-16(17)15(20(4-2)19-14)12-18-10-11-21-13-8-6-5-7-9-13/h5-9,18H,3-4,10-12H2,1-2H3. The van der Waals surface area contributed by atoms with Crippen LogP contribution < -0.4 is 5.32 Å². The van der Waals surface area contributed by atoms with Gasteiger partial charge in [0, 0.05) is 30.3 Å². The Labute approximate surface area is 139 Å². The minimum absolute atomic E-state index is 0.858. The van der Waals surface area contributed by atoms with Crippen LogP contribution in [0.5, 0.6) is 0 Å². The van der Waals surface area contributed by atoms with E-state index >= 15 is 0 Å². The Kier molecular flexibility index (Phi) is 6.80. The van der Waals surface area contributed by atoms with Gasteiger partial charge in [0.25, 0.3) is 0 Å². The Balaban J connectivity index is 1.79. The molecule has 0 aliphatic carbocycles. The smallest absolute Gasteiger partial charge is 0.0767 e. The third kappa shape index (κ3) is 4.59. The maximum absolute atomic E-state index is 4.62. The van der Waals surface area contributed by atoms with Gasteiger partial charge in [-0.05, 0) is 41.4 Å². The Morgan fingerprint density at radius 3 is 2.67 bits per heavy atom. The van der Waals surface area contributed by atoms with E-state index in [0.29, 0.717) is 0 Å². The van der Waals surface area contributed by atoms with Crippen LogP contribution in [-0.4, -0.2) is 22.1 Å². The molecule has 0 fully saturated rings. The van der Waals surface area contributed by atoms with Gasteiger partial charge in [-0.25, -0.2) is 0 Å². The van der Waals surface area contributed by atoms with Crippen LogP contribution in [0.4, 0.5) is 0 Å². The molecule has 114 valence electrons. The van der Waals surface area contributed by atoms with Crippen LogP contribution in [0.3, 0.4) is 0 Å². The lowest BCUT2D eigenvalue weighted by atomic mass is 10.3. The minimum Gasteiger partial charge on any atom is -0.310 e. The highest BCUT2D eigenvalue weighted by molar-refractivity contribution is 9.10. The zero-order valence-corrected chi connectivity index (χ0v) is 15.0. The number of thioether (sulfide) groups is 1. The second-order valence-corrected chi connectivity index (χ2v) is 6.68. The van der Waals surface area contributed by atoms with Gasteiger partial charge in [0.1, 0.15) is 0 Å². The zero-order valence-electron chi connectivity index (χ0n) is 12.6. The molecule has 0 saturated heterocycles. The highest BCUT2D eigenvalue weighted by Gasteiger charge is 2.12. The molecule has 1 N–H and O–H groups in total. The van der Waals surface area contributed by atoms with Crippen molar-refractivity contribution < 1.29 is 0 Å². The number of aromatic nitrogens is 2. The molecule has 5 heteroatoms. The number of benzene rings is 1. The number of nitrogens with zero attached hydrogens (tertiary/aromatic N) is 2. The molecule has 0 amide bonds. The molecule has 0 radical (unpaired) electrons. The van der Waals surface area contributed by atoms with E-state index in [0.717, 1.165) is 42.0 Å². The molecule has 2 aromatic rings. The van der Waals surface area contributed by atoms with Gasteiger partial charge in [-0.1, -0.05) is 25.1 Å². The summed E-state index contributed by atoms with van der Waals surface area (Å²) in [5.41, 5.74) is 2.39. The normalized spacial score (nSPS) is 11.0. The predicted octanol–water partition coefficient (Wildman–Crippen LogP) is 4.11. The number of aryl methyl sites for hydroxylation is 2. The average Bonchev–Trinajstić information content (AvgIpc) is 2.84. The molecule has 0 aliphatic heterocycles. The minimum atomic E-state index is 0.858. The summed E-state index contributed by atoms with van der Waals surface area (Å²) in [5, 5.41) is 8.13. The molecule has 0 atom stereocenters. The van der Waals surface area contributed by atoms with E-state index in [2.05, 4.69) is 75.2 Å². The third-order valence-corrected chi connectivity index (χ3v) is 5.21. The molecule has 3 nitrogen and oxygen atoms in total. The lowest BCUT2D eigenvalue weighted by Gasteiger charge is -2.07. The van der Waals surface area contributed by atoms with Crippen molar-refractivity contribution in [2.75, 3.05) is 12.3 Å². The molecular weight excluding hydrogens is 346 g/mol. The van der Waals surface area contributed by atoms with Crippen molar-refractivity contribution in [2.45, 2.75) is 38.3 Å². The maximum Gasteiger partial charge on any atom is 0.0767 e. The van der Waals surface area contributed by atoms with Gasteiger partial charge in [-0.15, -0.1) is 11.8 Å². The van der Waals surface area contributed by atoms with Gasteiger partial charge >= 0.3 is 0 Å². The SMILES string of the molecule is CCc1nn(CC)c(CNCCSc2ccccc2)c1Br. The van der Waals surface area contributed by atoms with Crippen molar-refractivity contribution in [1.29, 1.82) is 0 Å². The highest BCUT2D eigenvalue weighted by Crippen LogP contribution is 2.22. The van der Waals surface area contributed by atoms with Gasteiger partial charge in [-0.3, -0.25) is 4.68 Å². The van der Waals surface area contributed by atoms with Crippen molar-refractivity contribution in [2.24, 2.45) is 0 Å². The first-order valence-electron chi connectivity index (χ1n) is 7.38. The fourth-order valence-corrected chi connectivity index (χ4v) is 3.69. The molecule has 0 unspecified atom stereocenters. The van der Waals surface area contributed by atoms with Crippen LogP contribution in [0.2, 0.25) is 0 Å². The maximum atomic E-state index is 4.62. The van der Waals surface area contributed by atoms with Crippen LogP contribution in [-0.2, 0) is 19.5 Å². The van der Waals surface area contributed by atoms with Crippen molar-refractivity contribution >= 4 is 27.7 Å². The summed E-state index contributed by atoms with van der Waals surface area (Å²) < 4.78 is 3.25. The second kappa shape index (κ2) is 8.61. The summed E-state index contributed by atoms with van der Waals surface area (Å²) >= 11 is 5.56. The molecule has 21 heavy (non-hydrogen) atoms. The molecule has 0 spiro atoms. The summed E-state index contributed by atoms with van der Waals surface area (Å²) in [4.78, 5) is 1.33. The number of rotatable bonds is 8. The van der Waals surface area contributed by atoms with Gasteiger partial charge in [-0.2, -0.15) is 5.10 Å². The molecule has 0 aliphatic rings.